The summed E-state index contributed by atoms with van der Waals surface area (Å²) in [7, 11) is 2.92. The normalized spacial score (nSPS) is 10.0. The zero-order valence-corrected chi connectivity index (χ0v) is 14.3. The summed E-state index contributed by atoms with van der Waals surface area (Å²) in [5.41, 5.74) is 0.951. The van der Waals surface area contributed by atoms with Crippen molar-refractivity contribution in [2.75, 3.05) is 26.1 Å². The lowest BCUT2D eigenvalue weighted by Crippen LogP contribution is -2.13. The predicted molar refractivity (Wildman–Crippen MR) is 94.1 cm³/mol. The van der Waals surface area contributed by atoms with Gasteiger partial charge >= 0.3 is 5.97 Å². The Hall–Kier alpha value is -3.02. The first-order chi connectivity index (χ1) is 12.1. The number of carbonyl (C=O) groups excluding carboxylic acids is 2. The fourth-order valence-corrected chi connectivity index (χ4v) is 2.16. The highest BCUT2D eigenvalue weighted by molar-refractivity contribution is 5.94. The van der Waals surface area contributed by atoms with Crippen LogP contribution in [0.15, 0.2) is 48.5 Å². The molecule has 0 bridgehead atoms. The van der Waals surface area contributed by atoms with Crippen molar-refractivity contribution in [2.45, 2.75) is 12.8 Å². The van der Waals surface area contributed by atoms with Crippen LogP contribution in [0.25, 0.3) is 0 Å². The molecule has 0 fully saturated rings. The molecule has 6 nitrogen and oxygen atoms in total. The second kappa shape index (κ2) is 9.32. The molecule has 0 saturated heterocycles. The largest absolute Gasteiger partial charge is 0.497 e. The summed E-state index contributed by atoms with van der Waals surface area (Å²) >= 11 is 0. The van der Waals surface area contributed by atoms with Crippen molar-refractivity contribution in [1.29, 1.82) is 0 Å². The monoisotopic (exact) mass is 343 g/mol. The molecule has 0 atom stereocenters. The fourth-order valence-electron chi connectivity index (χ4n) is 2.16. The van der Waals surface area contributed by atoms with Gasteiger partial charge in [0, 0.05) is 12.1 Å². The average Bonchev–Trinajstić information content (AvgIpc) is 2.65. The number of ether oxygens (including phenoxy) is 3. The molecule has 0 heterocycles. The molecule has 0 aliphatic carbocycles. The number of benzene rings is 2. The second-order valence-corrected chi connectivity index (χ2v) is 5.25. The standard InChI is InChI=1S/C19H21NO5/c1-23-16-8-10-17(11-9-16)25-12-4-7-18(21)20-15-6-3-5-14(13-15)19(22)24-2/h3,5-6,8-11,13H,4,7,12H2,1-2H3,(H,20,21). The average molecular weight is 343 g/mol. The molecule has 0 spiro atoms. The van der Waals surface area contributed by atoms with Gasteiger partial charge < -0.3 is 19.5 Å². The van der Waals surface area contributed by atoms with Gasteiger partial charge in [-0.2, -0.15) is 0 Å². The third kappa shape index (κ3) is 5.84. The van der Waals surface area contributed by atoms with E-state index in [1.54, 1.807) is 31.4 Å². The summed E-state index contributed by atoms with van der Waals surface area (Å²) in [6.07, 6.45) is 0.896. The molecule has 1 N–H and O–H groups in total. The maximum atomic E-state index is 12.0. The lowest BCUT2D eigenvalue weighted by atomic mass is 10.2. The van der Waals surface area contributed by atoms with Gasteiger partial charge in [-0.25, -0.2) is 4.79 Å². The molecule has 132 valence electrons. The van der Waals surface area contributed by atoms with Crippen LogP contribution in [0.1, 0.15) is 23.2 Å². The molecule has 2 aromatic rings. The predicted octanol–water partition coefficient (Wildman–Crippen LogP) is 3.28. The SMILES string of the molecule is COC(=O)c1cccc(NC(=O)CCCOc2ccc(OC)cc2)c1. The number of anilines is 1. The highest BCUT2D eigenvalue weighted by atomic mass is 16.5. The molecular formula is C19H21NO5. The van der Waals surface area contributed by atoms with E-state index in [1.165, 1.54) is 7.11 Å². The molecule has 1 amide bonds. The van der Waals surface area contributed by atoms with E-state index in [0.717, 1.165) is 11.5 Å². The maximum absolute atomic E-state index is 12.0. The van der Waals surface area contributed by atoms with Gasteiger partial charge in [0.25, 0.3) is 0 Å². The van der Waals surface area contributed by atoms with Crippen LogP contribution in [0.3, 0.4) is 0 Å². The molecule has 0 radical (unpaired) electrons. The van der Waals surface area contributed by atoms with E-state index in [4.69, 9.17) is 9.47 Å². The Morgan fingerprint density at radius 3 is 2.40 bits per heavy atom. The Morgan fingerprint density at radius 1 is 1.00 bits per heavy atom. The topological polar surface area (TPSA) is 73.9 Å². The number of carbonyl (C=O) groups is 2. The first kappa shape index (κ1) is 18.3. The highest BCUT2D eigenvalue weighted by Gasteiger charge is 2.08. The highest BCUT2D eigenvalue weighted by Crippen LogP contribution is 2.17. The van der Waals surface area contributed by atoms with Gasteiger partial charge in [-0.3, -0.25) is 4.79 Å². The Labute approximate surface area is 146 Å². The van der Waals surface area contributed by atoms with Crippen molar-refractivity contribution in [3.05, 3.63) is 54.1 Å². The Morgan fingerprint density at radius 2 is 1.72 bits per heavy atom. The minimum atomic E-state index is -0.441. The maximum Gasteiger partial charge on any atom is 0.337 e. The summed E-state index contributed by atoms with van der Waals surface area (Å²) in [5.74, 6) is 0.914. The number of esters is 1. The van der Waals surface area contributed by atoms with Gasteiger partial charge in [0.15, 0.2) is 0 Å². The molecule has 0 aliphatic heterocycles. The second-order valence-electron chi connectivity index (χ2n) is 5.25. The molecule has 2 aromatic carbocycles. The van der Waals surface area contributed by atoms with Gasteiger partial charge in [0.1, 0.15) is 11.5 Å². The van der Waals surface area contributed by atoms with Crippen molar-refractivity contribution in [1.82, 2.24) is 0 Å². The van der Waals surface area contributed by atoms with Crippen LogP contribution >= 0.6 is 0 Å². The Balaban J connectivity index is 1.74. The molecule has 25 heavy (non-hydrogen) atoms. The minimum Gasteiger partial charge on any atom is -0.497 e. The first-order valence-corrected chi connectivity index (χ1v) is 7.87. The zero-order chi connectivity index (χ0) is 18.1. The van der Waals surface area contributed by atoms with Gasteiger partial charge in [0.2, 0.25) is 5.91 Å². The third-order valence-electron chi connectivity index (χ3n) is 3.44. The molecule has 2 rings (SSSR count). The van der Waals surface area contributed by atoms with E-state index in [2.05, 4.69) is 10.1 Å². The number of amides is 1. The number of hydrogen-bond acceptors (Lipinski definition) is 5. The Bertz CT molecular complexity index is 712. The smallest absolute Gasteiger partial charge is 0.337 e. The van der Waals surface area contributed by atoms with Crippen LogP contribution < -0.4 is 14.8 Å². The summed E-state index contributed by atoms with van der Waals surface area (Å²) < 4.78 is 15.3. The lowest BCUT2D eigenvalue weighted by molar-refractivity contribution is -0.116. The van der Waals surface area contributed by atoms with Crippen molar-refractivity contribution < 1.29 is 23.8 Å². The van der Waals surface area contributed by atoms with E-state index in [9.17, 15) is 9.59 Å². The summed E-state index contributed by atoms with van der Waals surface area (Å²) in [6.45, 7) is 0.432. The molecule has 0 unspecified atom stereocenters. The lowest BCUT2D eigenvalue weighted by Gasteiger charge is -2.08. The fraction of sp³-hybridized carbons (Fsp3) is 0.263. The number of nitrogens with one attached hydrogen (secondary N) is 1. The van der Waals surface area contributed by atoms with Crippen LogP contribution in [-0.2, 0) is 9.53 Å². The van der Waals surface area contributed by atoms with Crippen LogP contribution in [0.4, 0.5) is 5.69 Å². The molecule has 0 saturated carbocycles. The van der Waals surface area contributed by atoms with Gasteiger partial charge in [-0.05, 0) is 48.9 Å². The summed E-state index contributed by atoms with van der Waals surface area (Å²) in [5, 5.41) is 2.76. The number of rotatable bonds is 8. The minimum absolute atomic E-state index is 0.139. The van der Waals surface area contributed by atoms with E-state index in [-0.39, 0.29) is 5.91 Å². The van der Waals surface area contributed by atoms with Crippen molar-refractivity contribution in [3.63, 3.8) is 0 Å². The number of hydrogen-bond donors (Lipinski definition) is 1. The van der Waals surface area contributed by atoms with Gasteiger partial charge in [0.05, 0.1) is 26.4 Å². The van der Waals surface area contributed by atoms with Crippen LogP contribution in [0.2, 0.25) is 0 Å². The summed E-state index contributed by atoms with van der Waals surface area (Å²) in [4.78, 5) is 23.4. The molecular weight excluding hydrogens is 322 g/mol. The number of methoxy groups -OCH3 is 2. The van der Waals surface area contributed by atoms with Crippen molar-refractivity contribution >= 4 is 17.6 Å². The zero-order valence-electron chi connectivity index (χ0n) is 14.3. The van der Waals surface area contributed by atoms with Gasteiger partial charge in [-0.15, -0.1) is 0 Å². The quantitative estimate of drug-likeness (QED) is 0.588. The molecule has 0 aliphatic rings. The first-order valence-electron chi connectivity index (χ1n) is 7.87. The van der Waals surface area contributed by atoms with E-state index >= 15 is 0 Å². The van der Waals surface area contributed by atoms with Crippen LogP contribution in [0.5, 0.6) is 11.5 Å². The van der Waals surface area contributed by atoms with Crippen molar-refractivity contribution in [2.24, 2.45) is 0 Å². The van der Waals surface area contributed by atoms with Crippen molar-refractivity contribution in [3.8, 4) is 11.5 Å². The van der Waals surface area contributed by atoms with E-state index < -0.39 is 5.97 Å². The summed E-state index contributed by atoms with van der Waals surface area (Å²) in [6, 6.07) is 13.9. The van der Waals surface area contributed by atoms with E-state index in [0.29, 0.717) is 30.7 Å². The Kier molecular flexibility index (Phi) is 6.83. The van der Waals surface area contributed by atoms with Crippen LogP contribution in [-0.4, -0.2) is 32.7 Å². The molecule has 6 heteroatoms. The third-order valence-corrected chi connectivity index (χ3v) is 3.44. The van der Waals surface area contributed by atoms with Crippen LogP contribution in [0, 0.1) is 0 Å². The molecule has 0 aromatic heterocycles. The van der Waals surface area contributed by atoms with E-state index in [1.807, 2.05) is 24.3 Å². The van der Waals surface area contributed by atoms with Gasteiger partial charge in [-0.1, -0.05) is 6.07 Å².